The quantitative estimate of drug-likeness (QED) is 0.427. The zero-order valence-corrected chi connectivity index (χ0v) is 20.2. The minimum Gasteiger partial charge on any atom is -0.371 e. The molecule has 3 nitrogen and oxygen atoms in total. The van der Waals surface area contributed by atoms with Crippen molar-refractivity contribution in [2.45, 2.75) is 60.8 Å². The lowest BCUT2D eigenvalue weighted by Crippen LogP contribution is -2.33. The molecule has 29 heavy (non-hydrogen) atoms. The summed E-state index contributed by atoms with van der Waals surface area (Å²) < 4.78 is 3.52. The Hall–Kier alpha value is -1.81. The summed E-state index contributed by atoms with van der Waals surface area (Å²) in [4.78, 5) is 7.65. The number of pyridine rings is 1. The molecule has 0 bridgehead atoms. The molecule has 1 saturated heterocycles. The van der Waals surface area contributed by atoms with Crippen LogP contribution >= 0.6 is 15.9 Å². The van der Waals surface area contributed by atoms with Crippen molar-refractivity contribution < 1.29 is 0 Å². The van der Waals surface area contributed by atoms with Crippen molar-refractivity contribution in [3.8, 4) is 5.69 Å². The van der Waals surface area contributed by atoms with Crippen LogP contribution in [-0.4, -0.2) is 22.6 Å². The molecule has 0 unspecified atom stereocenters. The molecule has 0 aliphatic carbocycles. The highest BCUT2D eigenvalue weighted by atomic mass is 79.9. The predicted molar refractivity (Wildman–Crippen MR) is 128 cm³/mol. The van der Waals surface area contributed by atoms with Gasteiger partial charge in [0.1, 0.15) is 5.65 Å². The third-order valence-corrected chi connectivity index (χ3v) is 7.24. The molecule has 1 aromatic carbocycles. The molecule has 0 spiro atoms. The number of hydrogen-bond donors (Lipinski definition) is 0. The summed E-state index contributed by atoms with van der Waals surface area (Å²) in [6.07, 6.45) is 3.89. The number of halogens is 1. The summed E-state index contributed by atoms with van der Waals surface area (Å²) >= 11 is 3.65. The van der Waals surface area contributed by atoms with Gasteiger partial charge in [0.2, 0.25) is 0 Å². The second-order valence-electron chi connectivity index (χ2n) is 8.75. The number of aryl methyl sites for hydroxylation is 4. The number of hydrogen-bond acceptors (Lipinski definition) is 2. The fourth-order valence-electron chi connectivity index (χ4n) is 5.03. The van der Waals surface area contributed by atoms with E-state index in [0.29, 0.717) is 0 Å². The highest BCUT2D eigenvalue weighted by Gasteiger charge is 2.25. The molecule has 4 heteroatoms. The number of piperidine rings is 1. The largest absolute Gasteiger partial charge is 0.371 e. The van der Waals surface area contributed by atoms with Gasteiger partial charge in [0.25, 0.3) is 0 Å². The Morgan fingerprint density at radius 1 is 1.00 bits per heavy atom. The number of benzene rings is 1. The number of nitrogens with zero attached hydrogens (tertiary/aromatic N) is 3. The molecule has 0 atom stereocenters. The molecule has 1 aliphatic rings. The molecule has 3 aromatic rings. The fraction of sp³-hybridized carbons (Fsp3) is 0.480. The highest BCUT2D eigenvalue weighted by Crippen LogP contribution is 2.38. The van der Waals surface area contributed by atoms with E-state index >= 15 is 0 Å². The monoisotopic (exact) mass is 453 g/mol. The van der Waals surface area contributed by atoms with E-state index in [1.165, 1.54) is 58.4 Å². The average Bonchev–Trinajstić information content (AvgIpc) is 2.92. The molecule has 0 N–H and O–H groups in total. The first-order chi connectivity index (χ1) is 13.8. The molecule has 1 fully saturated rings. The molecule has 1 aliphatic heterocycles. The molecule has 0 saturated carbocycles. The molecule has 4 rings (SSSR count). The van der Waals surface area contributed by atoms with E-state index < -0.39 is 0 Å². The van der Waals surface area contributed by atoms with Crippen molar-refractivity contribution in [3.05, 3.63) is 50.8 Å². The Morgan fingerprint density at radius 2 is 1.62 bits per heavy atom. The van der Waals surface area contributed by atoms with Crippen LogP contribution in [0.3, 0.4) is 0 Å². The maximum absolute atomic E-state index is 5.05. The number of fused-ring (bicyclic) bond motifs is 1. The van der Waals surface area contributed by atoms with Crippen molar-refractivity contribution in [2.24, 2.45) is 5.92 Å². The van der Waals surface area contributed by atoms with Gasteiger partial charge in [-0.2, -0.15) is 0 Å². The van der Waals surface area contributed by atoms with Crippen molar-refractivity contribution in [3.63, 3.8) is 0 Å². The summed E-state index contributed by atoms with van der Waals surface area (Å²) in [5.74, 6) is 0.880. The van der Waals surface area contributed by atoms with Crippen LogP contribution in [0, 0.1) is 40.5 Å². The predicted octanol–water partition coefficient (Wildman–Crippen LogP) is 6.96. The Labute approximate surface area is 183 Å². The smallest absolute Gasteiger partial charge is 0.147 e. The van der Waals surface area contributed by atoms with Crippen LogP contribution in [0.5, 0.6) is 0 Å². The third kappa shape index (κ3) is 3.50. The van der Waals surface area contributed by atoms with Crippen LogP contribution in [0.15, 0.2) is 22.7 Å². The van der Waals surface area contributed by atoms with E-state index in [1.54, 1.807) is 0 Å². The van der Waals surface area contributed by atoms with Crippen molar-refractivity contribution in [2.75, 3.05) is 18.0 Å². The maximum Gasteiger partial charge on any atom is 0.147 e. The lowest BCUT2D eigenvalue weighted by atomic mass is 9.94. The number of rotatable bonds is 3. The topological polar surface area (TPSA) is 21.1 Å². The first kappa shape index (κ1) is 20.5. The van der Waals surface area contributed by atoms with E-state index in [0.717, 1.165) is 34.8 Å². The standard InChI is InChI=1S/C25H32BrN3/c1-7-20-8-10-28(11-9-20)22-14-17(4)27-25-23(22)18(5)19(6)29(25)24-15(2)12-21(26)13-16(24)3/h12-14,20H,7-11H2,1-6H3. The van der Waals surface area contributed by atoms with Gasteiger partial charge in [-0.05, 0) is 88.3 Å². The lowest BCUT2D eigenvalue weighted by Gasteiger charge is -2.34. The zero-order chi connectivity index (χ0) is 20.9. The fourth-order valence-corrected chi connectivity index (χ4v) is 5.72. The summed E-state index contributed by atoms with van der Waals surface area (Å²) in [7, 11) is 0. The molecule has 154 valence electrons. The SMILES string of the molecule is CCC1CCN(c2cc(C)nc3c2c(C)c(C)n3-c2c(C)cc(Br)cc2C)CC1. The van der Waals surface area contributed by atoms with Gasteiger partial charge in [-0.1, -0.05) is 29.3 Å². The van der Waals surface area contributed by atoms with Crippen LogP contribution in [-0.2, 0) is 0 Å². The molecular formula is C25H32BrN3. The normalized spacial score (nSPS) is 15.5. The van der Waals surface area contributed by atoms with Crippen LogP contribution in [0.2, 0.25) is 0 Å². The molecule has 2 aromatic heterocycles. The second kappa shape index (κ2) is 7.79. The van der Waals surface area contributed by atoms with Gasteiger partial charge >= 0.3 is 0 Å². The lowest BCUT2D eigenvalue weighted by molar-refractivity contribution is 0.395. The van der Waals surface area contributed by atoms with Crippen molar-refractivity contribution >= 4 is 32.7 Å². The van der Waals surface area contributed by atoms with Crippen molar-refractivity contribution in [1.82, 2.24) is 9.55 Å². The Bertz CT molecular complexity index is 1050. The molecule has 3 heterocycles. The Morgan fingerprint density at radius 3 is 2.21 bits per heavy atom. The van der Waals surface area contributed by atoms with Gasteiger partial charge < -0.3 is 4.90 Å². The number of aromatic nitrogens is 2. The van der Waals surface area contributed by atoms with Gasteiger partial charge in [0, 0.05) is 40.0 Å². The van der Waals surface area contributed by atoms with E-state index in [9.17, 15) is 0 Å². The van der Waals surface area contributed by atoms with Gasteiger partial charge in [0.15, 0.2) is 0 Å². The summed E-state index contributed by atoms with van der Waals surface area (Å²) in [5, 5.41) is 1.32. The molecular weight excluding hydrogens is 422 g/mol. The zero-order valence-electron chi connectivity index (χ0n) is 18.6. The van der Waals surface area contributed by atoms with Gasteiger partial charge in [-0.25, -0.2) is 4.98 Å². The van der Waals surface area contributed by atoms with Crippen LogP contribution in [0.1, 0.15) is 54.3 Å². The second-order valence-corrected chi connectivity index (χ2v) is 9.67. The third-order valence-electron chi connectivity index (χ3n) is 6.78. The maximum atomic E-state index is 5.05. The minimum atomic E-state index is 0.880. The van der Waals surface area contributed by atoms with E-state index in [1.807, 2.05) is 0 Å². The highest BCUT2D eigenvalue weighted by molar-refractivity contribution is 9.10. The van der Waals surface area contributed by atoms with E-state index in [4.69, 9.17) is 4.98 Å². The first-order valence-corrected chi connectivity index (χ1v) is 11.6. The average molecular weight is 454 g/mol. The van der Waals surface area contributed by atoms with Crippen molar-refractivity contribution in [1.29, 1.82) is 0 Å². The first-order valence-electron chi connectivity index (χ1n) is 10.8. The Balaban J connectivity index is 1.94. The summed E-state index contributed by atoms with van der Waals surface area (Å²) in [5.41, 5.74) is 10.00. The summed E-state index contributed by atoms with van der Waals surface area (Å²) in [6, 6.07) is 6.71. The molecule has 0 radical (unpaired) electrons. The molecule has 0 amide bonds. The van der Waals surface area contributed by atoms with Crippen LogP contribution in [0.25, 0.3) is 16.7 Å². The van der Waals surface area contributed by atoms with Gasteiger partial charge in [0.05, 0.1) is 5.69 Å². The van der Waals surface area contributed by atoms with Gasteiger partial charge in [-0.3, -0.25) is 4.57 Å². The van der Waals surface area contributed by atoms with E-state index in [2.05, 4.69) is 85.1 Å². The van der Waals surface area contributed by atoms with E-state index in [-0.39, 0.29) is 0 Å². The summed E-state index contributed by atoms with van der Waals surface area (Å²) in [6.45, 7) is 15.6. The van der Waals surface area contributed by atoms with Gasteiger partial charge in [-0.15, -0.1) is 0 Å². The minimum absolute atomic E-state index is 0.880. The Kier molecular flexibility index (Phi) is 5.50. The van der Waals surface area contributed by atoms with Crippen LogP contribution < -0.4 is 4.90 Å². The van der Waals surface area contributed by atoms with Crippen LogP contribution in [0.4, 0.5) is 5.69 Å². The number of anilines is 1.